The van der Waals surface area contributed by atoms with Crippen LogP contribution in [0.5, 0.6) is 5.75 Å². The summed E-state index contributed by atoms with van der Waals surface area (Å²) in [6.45, 7) is 3.46. The number of hydrogen-bond acceptors (Lipinski definition) is 3. The van der Waals surface area contributed by atoms with Gasteiger partial charge >= 0.3 is 0 Å². The maximum atomic E-state index is 13.0. The predicted molar refractivity (Wildman–Crippen MR) is 86.0 cm³/mol. The molecular formula is C18H20FNO3. The summed E-state index contributed by atoms with van der Waals surface area (Å²) in [7, 11) is 1.54. The van der Waals surface area contributed by atoms with Crippen LogP contribution >= 0.6 is 0 Å². The zero-order chi connectivity index (χ0) is 17.0. The lowest BCUT2D eigenvalue weighted by Crippen LogP contribution is -2.38. The molecule has 5 heteroatoms. The van der Waals surface area contributed by atoms with E-state index < -0.39 is 5.60 Å². The van der Waals surface area contributed by atoms with Gasteiger partial charge in [-0.2, -0.15) is 0 Å². The van der Waals surface area contributed by atoms with Gasteiger partial charge in [-0.05, 0) is 49.2 Å². The second kappa shape index (κ2) is 6.79. The Kier molecular flexibility index (Phi) is 5.01. The molecule has 2 aromatic carbocycles. The molecule has 1 amide bonds. The highest BCUT2D eigenvalue weighted by molar-refractivity contribution is 5.94. The van der Waals surface area contributed by atoms with Crippen molar-refractivity contribution < 1.29 is 19.0 Å². The Balaban J connectivity index is 2.07. The van der Waals surface area contributed by atoms with Crippen LogP contribution in [0.3, 0.4) is 0 Å². The van der Waals surface area contributed by atoms with Crippen molar-refractivity contribution in [2.45, 2.75) is 19.4 Å². The number of aryl methyl sites for hydroxylation is 1. The van der Waals surface area contributed by atoms with Crippen molar-refractivity contribution in [2.75, 3.05) is 13.7 Å². The zero-order valence-corrected chi connectivity index (χ0v) is 13.4. The summed E-state index contributed by atoms with van der Waals surface area (Å²) in [5.74, 6) is -0.0611. The second-order valence-corrected chi connectivity index (χ2v) is 5.65. The molecule has 2 aromatic rings. The van der Waals surface area contributed by atoms with Gasteiger partial charge in [0, 0.05) is 5.56 Å². The summed E-state index contributed by atoms with van der Waals surface area (Å²) in [5.41, 5.74) is 0.614. The van der Waals surface area contributed by atoms with Crippen molar-refractivity contribution in [3.8, 4) is 5.75 Å². The average molecular weight is 317 g/mol. The number of hydrogen-bond donors (Lipinski definition) is 2. The number of rotatable bonds is 5. The van der Waals surface area contributed by atoms with Crippen molar-refractivity contribution >= 4 is 5.91 Å². The number of benzene rings is 2. The monoisotopic (exact) mass is 317 g/mol. The van der Waals surface area contributed by atoms with Crippen molar-refractivity contribution in [3.63, 3.8) is 0 Å². The van der Waals surface area contributed by atoms with Gasteiger partial charge in [-0.1, -0.05) is 18.2 Å². The van der Waals surface area contributed by atoms with E-state index in [2.05, 4.69) is 5.32 Å². The molecule has 0 aliphatic rings. The minimum atomic E-state index is -1.29. The molecule has 0 saturated heterocycles. The quantitative estimate of drug-likeness (QED) is 0.891. The molecule has 0 aliphatic heterocycles. The van der Waals surface area contributed by atoms with E-state index in [4.69, 9.17) is 4.74 Å². The predicted octanol–water partition coefficient (Wildman–Crippen LogP) is 2.78. The van der Waals surface area contributed by atoms with Crippen LogP contribution in [-0.4, -0.2) is 24.7 Å². The number of aliphatic hydroxyl groups is 1. The molecule has 23 heavy (non-hydrogen) atoms. The first kappa shape index (κ1) is 17.0. The van der Waals surface area contributed by atoms with E-state index in [-0.39, 0.29) is 18.3 Å². The van der Waals surface area contributed by atoms with E-state index in [1.165, 1.54) is 24.3 Å². The van der Waals surface area contributed by atoms with E-state index in [9.17, 15) is 14.3 Å². The highest BCUT2D eigenvalue weighted by atomic mass is 19.1. The molecule has 0 spiro atoms. The summed E-state index contributed by atoms with van der Waals surface area (Å²) < 4.78 is 18.1. The fourth-order valence-corrected chi connectivity index (χ4v) is 2.23. The highest BCUT2D eigenvalue weighted by Crippen LogP contribution is 2.21. The smallest absolute Gasteiger partial charge is 0.251 e. The molecule has 0 bridgehead atoms. The Labute approximate surface area is 134 Å². The minimum Gasteiger partial charge on any atom is -0.496 e. The van der Waals surface area contributed by atoms with Crippen molar-refractivity contribution in [1.82, 2.24) is 5.32 Å². The maximum Gasteiger partial charge on any atom is 0.251 e. The van der Waals surface area contributed by atoms with Gasteiger partial charge in [0.2, 0.25) is 0 Å². The fraction of sp³-hybridized carbons (Fsp3) is 0.278. The van der Waals surface area contributed by atoms with Gasteiger partial charge in [-0.25, -0.2) is 4.39 Å². The van der Waals surface area contributed by atoms with Crippen LogP contribution < -0.4 is 10.1 Å². The Morgan fingerprint density at radius 2 is 1.91 bits per heavy atom. The lowest BCUT2D eigenvalue weighted by molar-refractivity contribution is 0.0526. The van der Waals surface area contributed by atoms with Crippen LogP contribution in [0.4, 0.5) is 4.39 Å². The average Bonchev–Trinajstić information content (AvgIpc) is 2.53. The van der Waals surface area contributed by atoms with E-state index in [0.29, 0.717) is 16.9 Å². The standard InChI is InChI=1S/C18H20FNO3/c1-12-4-5-13(10-16(12)23-3)17(21)20-11-18(2,22)14-6-8-15(19)9-7-14/h4-10,22H,11H2,1-3H3,(H,20,21). The number of carbonyl (C=O) groups is 1. The number of amides is 1. The Morgan fingerprint density at radius 3 is 2.52 bits per heavy atom. The van der Waals surface area contributed by atoms with Crippen molar-refractivity contribution in [1.29, 1.82) is 0 Å². The van der Waals surface area contributed by atoms with E-state index in [1.807, 2.05) is 6.92 Å². The largest absolute Gasteiger partial charge is 0.496 e. The summed E-state index contributed by atoms with van der Waals surface area (Å²) in [6, 6.07) is 10.7. The third-order valence-corrected chi connectivity index (χ3v) is 3.73. The van der Waals surface area contributed by atoms with Gasteiger partial charge in [0.15, 0.2) is 0 Å². The molecule has 0 aliphatic carbocycles. The molecule has 1 atom stereocenters. The maximum absolute atomic E-state index is 13.0. The molecule has 0 aromatic heterocycles. The zero-order valence-electron chi connectivity index (χ0n) is 13.4. The van der Waals surface area contributed by atoms with Gasteiger partial charge in [0.25, 0.3) is 5.91 Å². The fourth-order valence-electron chi connectivity index (χ4n) is 2.23. The van der Waals surface area contributed by atoms with Crippen LogP contribution in [0, 0.1) is 12.7 Å². The van der Waals surface area contributed by atoms with E-state index >= 15 is 0 Å². The van der Waals surface area contributed by atoms with Crippen LogP contribution in [0.15, 0.2) is 42.5 Å². The minimum absolute atomic E-state index is 0.00760. The first-order valence-electron chi connectivity index (χ1n) is 7.25. The molecule has 4 nitrogen and oxygen atoms in total. The first-order valence-corrected chi connectivity index (χ1v) is 7.25. The molecule has 2 rings (SSSR count). The summed E-state index contributed by atoms with van der Waals surface area (Å²) in [5, 5.41) is 13.1. The molecule has 0 radical (unpaired) electrons. The molecular weight excluding hydrogens is 297 g/mol. The third-order valence-electron chi connectivity index (χ3n) is 3.73. The van der Waals surface area contributed by atoms with Crippen LogP contribution in [0.25, 0.3) is 0 Å². The number of nitrogens with one attached hydrogen (secondary N) is 1. The van der Waals surface area contributed by atoms with Gasteiger partial charge in [-0.15, -0.1) is 0 Å². The second-order valence-electron chi connectivity index (χ2n) is 5.65. The molecule has 0 heterocycles. The van der Waals surface area contributed by atoms with Crippen LogP contribution in [0.2, 0.25) is 0 Å². The normalized spacial score (nSPS) is 13.3. The molecule has 1 unspecified atom stereocenters. The highest BCUT2D eigenvalue weighted by Gasteiger charge is 2.24. The Bertz CT molecular complexity index is 696. The molecule has 0 fully saturated rings. The summed E-state index contributed by atoms with van der Waals surface area (Å²) in [6.07, 6.45) is 0. The van der Waals surface area contributed by atoms with Gasteiger partial charge in [0.05, 0.1) is 13.7 Å². The van der Waals surface area contributed by atoms with Crippen LogP contribution in [-0.2, 0) is 5.60 Å². The van der Waals surface area contributed by atoms with Crippen LogP contribution in [0.1, 0.15) is 28.4 Å². The van der Waals surface area contributed by atoms with E-state index in [1.54, 1.807) is 32.2 Å². The topological polar surface area (TPSA) is 58.6 Å². The Hall–Kier alpha value is -2.40. The first-order chi connectivity index (χ1) is 10.8. The number of halogens is 1. The lowest BCUT2D eigenvalue weighted by Gasteiger charge is -2.24. The summed E-state index contributed by atoms with van der Waals surface area (Å²) >= 11 is 0. The summed E-state index contributed by atoms with van der Waals surface area (Å²) in [4.78, 5) is 12.2. The van der Waals surface area contributed by atoms with E-state index in [0.717, 1.165) is 5.56 Å². The Morgan fingerprint density at radius 1 is 1.26 bits per heavy atom. The number of carbonyl (C=O) groups excluding carboxylic acids is 1. The third kappa shape index (κ3) is 4.07. The van der Waals surface area contributed by atoms with Gasteiger partial charge in [-0.3, -0.25) is 4.79 Å². The SMILES string of the molecule is COc1cc(C(=O)NCC(C)(O)c2ccc(F)cc2)ccc1C. The molecule has 0 saturated carbocycles. The van der Waals surface area contributed by atoms with Gasteiger partial charge in [0.1, 0.15) is 17.2 Å². The molecule has 122 valence electrons. The van der Waals surface area contributed by atoms with Crippen molar-refractivity contribution in [3.05, 3.63) is 65.0 Å². The van der Waals surface area contributed by atoms with Gasteiger partial charge < -0.3 is 15.2 Å². The number of ether oxygens (including phenoxy) is 1. The number of methoxy groups -OCH3 is 1. The molecule has 2 N–H and O–H groups in total. The lowest BCUT2D eigenvalue weighted by atomic mass is 9.96. The van der Waals surface area contributed by atoms with Crippen molar-refractivity contribution in [2.24, 2.45) is 0 Å².